The van der Waals surface area contributed by atoms with Crippen LogP contribution in [0.3, 0.4) is 0 Å². The van der Waals surface area contributed by atoms with Crippen LogP contribution in [-0.2, 0) is 22.4 Å². The number of likely N-dealkylation sites (tertiary alicyclic amines) is 1. The third kappa shape index (κ3) is 5.12. The highest BCUT2D eigenvalue weighted by molar-refractivity contribution is 5.97. The van der Waals surface area contributed by atoms with Crippen molar-refractivity contribution in [3.05, 3.63) is 58.8 Å². The zero-order valence-electron chi connectivity index (χ0n) is 22.4. The molecule has 1 aromatic heterocycles. The second-order valence-electron chi connectivity index (χ2n) is 10.4. The summed E-state index contributed by atoms with van der Waals surface area (Å²) >= 11 is 0. The number of nitrogen functional groups attached to an aromatic ring is 1. The largest absolute Gasteiger partial charge is 0.382 e. The number of benzene rings is 2. The predicted molar refractivity (Wildman–Crippen MR) is 147 cm³/mol. The van der Waals surface area contributed by atoms with Crippen LogP contribution < -0.4 is 16.0 Å². The van der Waals surface area contributed by atoms with Crippen molar-refractivity contribution < 1.29 is 23.0 Å². The molecule has 3 aliphatic rings. The third-order valence-electron chi connectivity index (χ3n) is 7.89. The standard InChI is InChI=1S/C29H32F2N6O3/c1-39-21-5-7-36(16-21)15-20-13-18(2-3-23(20)37-8-10-40-11-9-37)25-27(31)35-28(32)26(34-25)19-12-17-4-6-33-29(38)24(17)22(30)14-19/h2-3,12-14,21H,4-11,15-16H2,1H3,(H2,32,35)(H,33,38)/t21-/m1/s1. The molecule has 0 radical (unpaired) electrons. The fraction of sp³-hybridized carbons (Fsp3) is 0.414. The maximum absolute atomic E-state index is 15.3. The van der Waals surface area contributed by atoms with Crippen LogP contribution in [0.5, 0.6) is 0 Å². The Morgan fingerprint density at radius 1 is 1.10 bits per heavy atom. The van der Waals surface area contributed by atoms with Crippen LogP contribution in [0.1, 0.15) is 27.9 Å². The van der Waals surface area contributed by atoms with Gasteiger partial charge >= 0.3 is 0 Å². The quantitative estimate of drug-likeness (QED) is 0.483. The Morgan fingerprint density at radius 3 is 2.70 bits per heavy atom. The molecule has 3 aromatic rings. The molecule has 1 amide bonds. The van der Waals surface area contributed by atoms with E-state index in [1.165, 1.54) is 6.07 Å². The summed E-state index contributed by atoms with van der Waals surface area (Å²) in [6.07, 6.45) is 1.63. The normalized spacial score (nSPS) is 19.5. The van der Waals surface area contributed by atoms with E-state index in [0.717, 1.165) is 43.9 Å². The fourth-order valence-electron chi connectivity index (χ4n) is 5.82. The van der Waals surface area contributed by atoms with Gasteiger partial charge in [-0.1, -0.05) is 6.07 Å². The van der Waals surface area contributed by atoms with Gasteiger partial charge < -0.3 is 25.4 Å². The molecular formula is C29H32F2N6O3. The average Bonchev–Trinajstić information content (AvgIpc) is 3.41. The van der Waals surface area contributed by atoms with Gasteiger partial charge in [0.1, 0.15) is 17.2 Å². The number of aromatic nitrogens is 2. The molecule has 40 heavy (non-hydrogen) atoms. The highest BCUT2D eigenvalue weighted by Gasteiger charge is 2.26. The van der Waals surface area contributed by atoms with Crippen molar-refractivity contribution in [2.24, 2.45) is 0 Å². The number of nitrogens with one attached hydrogen (secondary N) is 1. The number of halogens is 2. The second-order valence-corrected chi connectivity index (χ2v) is 10.4. The number of carbonyl (C=O) groups is 1. The molecule has 0 unspecified atom stereocenters. The van der Waals surface area contributed by atoms with Crippen LogP contribution in [0.2, 0.25) is 0 Å². The maximum atomic E-state index is 15.3. The summed E-state index contributed by atoms with van der Waals surface area (Å²) in [6, 6.07) is 8.68. The molecule has 9 nitrogen and oxygen atoms in total. The van der Waals surface area contributed by atoms with Crippen molar-refractivity contribution in [1.82, 2.24) is 20.2 Å². The molecule has 3 aliphatic heterocycles. The zero-order valence-corrected chi connectivity index (χ0v) is 22.4. The first-order valence-corrected chi connectivity index (χ1v) is 13.6. The molecule has 11 heteroatoms. The van der Waals surface area contributed by atoms with Gasteiger partial charge in [0.25, 0.3) is 5.91 Å². The third-order valence-corrected chi connectivity index (χ3v) is 7.89. The van der Waals surface area contributed by atoms with Crippen LogP contribution in [0.15, 0.2) is 30.3 Å². The molecule has 210 valence electrons. The van der Waals surface area contributed by atoms with Crippen LogP contribution in [0.4, 0.5) is 20.3 Å². The molecule has 0 saturated carbocycles. The van der Waals surface area contributed by atoms with Gasteiger partial charge in [-0.05, 0) is 48.2 Å². The number of carbonyl (C=O) groups excluding carboxylic acids is 1. The lowest BCUT2D eigenvalue weighted by Crippen LogP contribution is -2.37. The molecular weight excluding hydrogens is 518 g/mol. The van der Waals surface area contributed by atoms with E-state index >= 15 is 4.39 Å². The number of hydrogen-bond acceptors (Lipinski definition) is 8. The van der Waals surface area contributed by atoms with Gasteiger partial charge in [-0.25, -0.2) is 9.37 Å². The fourth-order valence-corrected chi connectivity index (χ4v) is 5.82. The Bertz CT molecular complexity index is 1450. The van der Waals surface area contributed by atoms with Crippen molar-refractivity contribution in [3.63, 3.8) is 0 Å². The summed E-state index contributed by atoms with van der Waals surface area (Å²) < 4.78 is 41.4. The number of ether oxygens (including phenoxy) is 2. The van der Waals surface area contributed by atoms with Crippen molar-refractivity contribution >= 4 is 17.4 Å². The van der Waals surface area contributed by atoms with Crippen molar-refractivity contribution in [3.8, 4) is 22.5 Å². The second kappa shape index (κ2) is 11.1. The number of morpholine rings is 1. The number of methoxy groups -OCH3 is 1. The molecule has 2 aromatic carbocycles. The minimum absolute atomic E-state index is 0.0184. The molecule has 0 bridgehead atoms. The van der Waals surface area contributed by atoms with Gasteiger partial charge in [0.05, 0.1) is 24.9 Å². The molecule has 4 heterocycles. The first kappa shape index (κ1) is 26.5. The van der Waals surface area contributed by atoms with Crippen LogP contribution >= 0.6 is 0 Å². The molecule has 1 atom stereocenters. The lowest BCUT2D eigenvalue weighted by molar-refractivity contribution is 0.0941. The van der Waals surface area contributed by atoms with Crippen LogP contribution in [-0.4, -0.2) is 79.9 Å². The Morgan fingerprint density at radius 2 is 1.93 bits per heavy atom. The van der Waals surface area contributed by atoms with E-state index in [0.29, 0.717) is 49.4 Å². The van der Waals surface area contributed by atoms with Gasteiger partial charge in [0.15, 0.2) is 5.82 Å². The van der Waals surface area contributed by atoms with E-state index in [1.54, 1.807) is 13.2 Å². The summed E-state index contributed by atoms with van der Waals surface area (Å²) in [5.41, 5.74) is 9.89. The Labute approximate surface area is 231 Å². The lowest BCUT2D eigenvalue weighted by Gasteiger charge is -2.32. The Kier molecular flexibility index (Phi) is 7.35. The SMILES string of the molecule is CO[C@@H]1CCN(Cc2cc(-c3nc(-c4cc(F)c5c(c4)CCNC5=O)c(N)nc3F)ccc2N2CCOCC2)C1. The maximum Gasteiger partial charge on any atom is 0.254 e. The number of fused-ring (bicyclic) bond motifs is 1. The highest BCUT2D eigenvalue weighted by atomic mass is 19.1. The molecule has 6 rings (SSSR count). The summed E-state index contributed by atoms with van der Waals surface area (Å²) in [6.45, 7) is 5.66. The number of amides is 1. The van der Waals surface area contributed by atoms with Crippen LogP contribution in [0, 0.1) is 11.8 Å². The summed E-state index contributed by atoms with van der Waals surface area (Å²) in [4.78, 5) is 25.3. The van der Waals surface area contributed by atoms with Gasteiger partial charge in [0, 0.05) is 63.2 Å². The molecule has 2 fully saturated rings. The van der Waals surface area contributed by atoms with Crippen LogP contribution in [0.25, 0.3) is 22.5 Å². The number of nitrogens with two attached hydrogens (primary N) is 1. The van der Waals surface area contributed by atoms with E-state index in [-0.39, 0.29) is 28.9 Å². The number of nitrogens with zero attached hydrogens (tertiary/aromatic N) is 4. The van der Waals surface area contributed by atoms with E-state index in [9.17, 15) is 9.18 Å². The number of rotatable bonds is 6. The Balaban J connectivity index is 1.39. The zero-order chi connectivity index (χ0) is 27.8. The first-order chi connectivity index (χ1) is 19.4. The summed E-state index contributed by atoms with van der Waals surface area (Å²) in [5, 5.41) is 2.65. The highest BCUT2D eigenvalue weighted by Crippen LogP contribution is 2.34. The van der Waals surface area contributed by atoms with Crippen molar-refractivity contribution in [2.75, 3.05) is 63.7 Å². The van der Waals surface area contributed by atoms with E-state index in [2.05, 4.69) is 25.1 Å². The Hall–Kier alpha value is -3.67. The van der Waals surface area contributed by atoms with Gasteiger partial charge in [-0.3, -0.25) is 9.69 Å². The van der Waals surface area contributed by atoms with E-state index in [1.807, 2.05) is 18.2 Å². The van der Waals surface area contributed by atoms with E-state index < -0.39 is 17.7 Å². The average molecular weight is 551 g/mol. The minimum atomic E-state index is -0.801. The smallest absolute Gasteiger partial charge is 0.254 e. The molecule has 0 spiro atoms. The number of hydrogen-bond donors (Lipinski definition) is 2. The topological polar surface area (TPSA) is 106 Å². The summed E-state index contributed by atoms with van der Waals surface area (Å²) in [7, 11) is 1.73. The van der Waals surface area contributed by atoms with Gasteiger partial charge in [-0.2, -0.15) is 9.37 Å². The van der Waals surface area contributed by atoms with Gasteiger partial charge in [0.2, 0.25) is 5.95 Å². The van der Waals surface area contributed by atoms with Crippen molar-refractivity contribution in [1.29, 1.82) is 0 Å². The molecule has 2 saturated heterocycles. The lowest BCUT2D eigenvalue weighted by atomic mass is 9.95. The van der Waals surface area contributed by atoms with Gasteiger partial charge in [-0.15, -0.1) is 0 Å². The summed E-state index contributed by atoms with van der Waals surface area (Å²) in [5.74, 6) is -2.07. The minimum Gasteiger partial charge on any atom is -0.382 e. The van der Waals surface area contributed by atoms with E-state index in [4.69, 9.17) is 15.2 Å². The first-order valence-electron chi connectivity index (χ1n) is 13.6. The monoisotopic (exact) mass is 550 g/mol. The predicted octanol–water partition coefficient (Wildman–Crippen LogP) is 3.01. The van der Waals surface area contributed by atoms with Crippen molar-refractivity contribution in [2.45, 2.75) is 25.5 Å². The number of anilines is 2. The molecule has 0 aliphatic carbocycles. The molecule has 3 N–H and O–H groups in total.